The van der Waals surface area contributed by atoms with Gasteiger partial charge in [-0.15, -0.1) is 0 Å². The fraction of sp³-hybridized carbons (Fsp3) is 0.286. The molecule has 0 N–H and O–H groups in total. The normalized spacial score (nSPS) is 10.7. The molecule has 0 spiro atoms. The number of halogens is 2. The highest BCUT2D eigenvalue weighted by Gasteiger charge is 2.20. The molecule has 0 saturated heterocycles. The fourth-order valence-electron chi connectivity index (χ4n) is 1.94. The second-order valence-electron chi connectivity index (χ2n) is 4.35. The Kier molecular flexibility index (Phi) is 4.58. The van der Waals surface area contributed by atoms with Crippen molar-refractivity contribution >= 4 is 37.6 Å². The zero-order valence-electron chi connectivity index (χ0n) is 10.8. The van der Waals surface area contributed by atoms with Gasteiger partial charge in [0.15, 0.2) is 0 Å². The summed E-state index contributed by atoms with van der Waals surface area (Å²) < 4.78 is 3.40. The van der Waals surface area contributed by atoms with E-state index in [0.29, 0.717) is 11.3 Å². The number of hydrogen-bond acceptors (Lipinski definition) is 2. The van der Waals surface area contributed by atoms with Crippen LogP contribution in [-0.2, 0) is 6.54 Å². The summed E-state index contributed by atoms with van der Waals surface area (Å²) in [7, 11) is 0. The van der Waals surface area contributed by atoms with Gasteiger partial charge < -0.3 is 0 Å². The molecule has 0 aliphatic carbocycles. The van der Waals surface area contributed by atoms with E-state index >= 15 is 0 Å². The van der Waals surface area contributed by atoms with Gasteiger partial charge in [-0.1, -0.05) is 28.9 Å². The van der Waals surface area contributed by atoms with Crippen molar-refractivity contribution in [1.82, 2.24) is 9.78 Å². The van der Waals surface area contributed by atoms with Crippen LogP contribution in [-0.4, -0.2) is 15.6 Å². The Morgan fingerprint density at radius 1 is 1.37 bits per heavy atom. The molecule has 0 atom stereocenters. The highest BCUT2D eigenvalue weighted by molar-refractivity contribution is 9.10. The van der Waals surface area contributed by atoms with Crippen molar-refractivity contribution in [1.29, 1.82) is 0 Å². The van der Waals surface area contributed by atoms with Gasteiger partial charge >= 0.3 is 0 Å². The Labute approximate surface area is 129 Å². The molecule has 5 heteroatoms. The minimum absolute atomic E-state index is 0.00312. The summed E-state index contributed by atoms with van der Waals surface area (Å²) in [6, 6.07) is 5.73. The van der Waals surface area contributed by atoms with Gasteiger partial charge in [0.2, 0.25) is 5.78 Å². The van der Waals surface area contributed by atoms with Crippen molar-refractivity contribution < 1.29 is 4.79 Å². The average molecular weight is 386 g/mol. The average Bonchev–Trinajstić information content (AvgIpc) is 2.73. The highest BCUT2D eigenvalue weighted by Crippen LogP contribution is 2.24. The number of ketones is 1. The minimum Gasteiger partial charge on any atom is -0.287 e. The van der Waals surface area contributed by atoms with E-state index in [0.717, 1.165) is 27.5 Å². The van der Waals surface area contributed by atoms with E-state index in [9.17, 15) is 4.79 Å². The van der Waals surface area contributed by atoms with Crippen LogP contribution >= 0.6 is 31.9 Å². The SMILES string of the molecule is CCCn1ncc(Br)c1C(=O)c1cc(Br)ccc1C. The summed E-state index contributed by atoms with van der Waals surface area (Å²) in [6.07, 6.45) is 2.61. The molecule has 2 rings (SSSR count). The second-order valence-corrected chi connectivity index (χ2v) is 6.12. The molecule has 0 fully saturated rings. The number of nitrogens with zero attached hydrogens (tertiary/aromatic N) is 2. The molecule has 1 aromatic carbocycles. The summed E-state index contributed by atoms with van der Waals surface area (Å²) in [4.78, 5) is 12.7. The van der Waals surface area contributed by atoms with Crippen LogP contribution in [0.4, 0.5) is 0 Å². The third-order valence-electron chi connectivity index (χ3n) is 2.89. The minimum atomic E-state index is -0.00312. The molecule has 0 radical (unpaired) electrons. The predicted molar refractivity (Wildman–Crippen MR) is 82.5 cm³/mol. The van der Waals surface area contributed by atoms with Gasteiger partial charge in [0.1, 0.15) is 5.69 Å². The van der Waals surface area contributed by atoms with E-state index in [-0.39, 0.29) is 5.78 Å². The number of aryl methyl sites for hydroxylation is 2. The quantitative estimate of drug-likeness (QED) is 0.733. The third-order valence-corrected chi connectivity index (χ3v) is 3.96. The number of rotatable bonds is 4. The zero-order valence-corrected chi connectivity index (χ0v) is 14.0. The van der Waals surface area contributed by atoms with Crippen LogP contribution in [0, 0.1) is 6.92 Å². The van der Waals surface area contributed by atoms with E-state index in [2.05, 4.69) is 43.9 Å². The summed E-state index contributed by atoms with van der Waals surface area (Å²) in [5.41, 5.74) is 2.28. The van der Waals surface area contributed by atoms with Gasteiger partial charge in [0.25, 0.3) is 0 Å². The largest absolute Gasteiger partial charge is 0.287 e. The molecule has 0 saturated carbocycles. The van der Waals surface area contributed by atoms with E-state index in [4.69, 9.17) is 0 Å². The van der Waals surface area contributed by atoms with Crippen molar-refractivity contribution in [2.24, 2.45) is 0 Å². The maximum Gasteiger partial charge on any atom is 0.212 e. The molecule has 0 aliphatic rings. The first-order valence-electron chi connectivity index (χ1n) is 6.06. The first-order chi connectivity index (χ1) is 9.04. The second kappa shape index (κ2) is 6.01. The fourth-order valence-corrected chi connectivity index (χ4v) is 2.77. The van der Waals surface area contributed by atoms with E-state index in [1.807, 2.05) is 25.1 Å². The molecule has 1 aromatic heterocycles. The molecule has 2 aromatic rings. The van der Waals surface area contributed by atoms with Gasteiger partial charge in [0, 0.05) is 16.6 Å². The van der Waals surface area contributed by atoms with Crippen LogP contribution in [0.1, 0.15) is 35.0 Å². The van der Waals surface area contributed by atoms with E-state index in [1.54, 1.807) is 10.9 Å². The number of carbonyl (C=O) groups excluding carboxylic acids is 1. The number of hydrogen-bond donors (Lipinski definition) is 0. The molecule has 100 valence electrons. The molecule has 0 amide bonds. The van der Waals surface area contributed by atoms with Crippen molar-refractivity contribution in [3.63, 3.8) is 0 Å². The summed E-state index contributed by atoms with van der Waals surface area (Å²) >= 11 is 6.82. The van der Waals surface area contributed by atoms with E-state index in [1.165, 1.54) is 0 Å². The summed E-state index contributed by atoms with van der Waals surface area (Å²) in [5.74, 6) is -0.00312. The first kappa shape index (κ1) is 14.5. The van der Waals surface area contributed by atoms with Crippen molar-refractivity contribution in [2.75, 3.05) is 0 Å². The van der Waals surface area contributed by atoms with Crippen LogP contribution in [0.25, 0.3) is 0 Å². The van der Waals surface area contributed by atoms with Gasteiger partial charge in [-0.05, 0) is 47.0 Å². The Balaban J connectivity index is 2.49. The number of benzene rings is 1. The molecular formula is C14H14Br2N2O. The first-order valence-corrected chi connectivity index (χ1v) is 7.65. The zero-order chi connectivity index (χ0) is 14.0. The highest BCUT2D eigenvalue weighted by atomic mass is 79.9. The van der Waals surface area contributed by atoms with Crippen molar-refractivity contribution in [3.05, 3.63) is 50.2 Å². The van der Waals surface area contributed by atoms with Gasteiger partial charge in [-0.2, -0.15) is 5.10 Å². The lowest BCUT2D eigenvalue weighted by atomic mass is 10.0. The van der Waals surface area contributed by atoms with Crippen molar-refractivity contribution in [3.8, 4) is 0 Å². The summed E-state index contributed by atoms with van der Waals surface area (Å²) in [5, 5.41) is 4.24. The topological polar surface area (TPSA) is 34.9 Å². The Bertz CT molecular complexity index is 620. The molecular weight excluding hydrogens is 372 g/mol. The van der Waals surface area contributed by atoms with Gasteiger partial charge in [-0.25, -0.2) is 0 Å². The standard InChI is InChI=1S/C14H14Br2N2O/c1-3-6-18-13(12(16)8-17-18)14(19)11-7-10(15)5-4-9(11)2/h4-5,7-8H,3,6H2,1-2H3. The van der Waals surface area contributed by atoms with E-state index < -0.39 is 0 Å². The van der Waals surface area contributed by atoms with Crippen molar-refractivity contribution in [2.45, 2.75) is 26.8 Å². The third kappa shape index (κ3) is 2.98. The molecule has 0 unspecified atom stereocenters. The van der Waals surface area contributed by atoms with Crippen LogP contribution in [0.2, 0.25) is 0 Å². The number of carbonyl (C=O) groups is 1. The van der Waals surface area contributed by atoms with Crippen LogP contribution in [0.5, 0.6) is 0 Å². The molecule has 0 aliphatic heterocycles. The lowest BCUT2D eigenvalue weighted by Gasteiger charge is -2.09. The molecule has 3 nitrogen and oxygen atoms in total. The predicted octanol–water partition coefficient (Wildman–Crippen LogP) is 4.36. The Morgan fingerprint density at radius 2 is 2.11 bits per heavy atom. The van der Waals surface area contributed by atoms with Gasteiger partial charge in [-0.3, -0.25) is 9.48 Å². The maximum absolute atomic E-state index is 12.7. The smallest absolute Gasteiger partial charge is 0.212 e. The van der Waals surface area contributed by atoms with Crippen LogP contribution < -0.4 is 0 Å². The Hall–Kier alpha value is -0.940. The van der Waals surface area contributed by atoms with Crippen LogP contribution in [0.15, 0.2) is 33.3 Å². The number of aromatic nitrogens is 2. The molecule has 19 heavy (non-hydrogen) atoms. The Morgan fingerprint density at radius 3 is 2.79 bits per heavy atom. The van der Waals surface area contributed by atoms with Crippen LogP contribution in [0.3, 0.4) is 0 Å². The molecule has 0 bridgehead atoms. The lowest BCUT2D eigenvalue weighted by Crippen LogP contribution is -2.13. The monoisotopic (exact) mass is 384 g/mol. The molecule has 1 heterocycles. The van der Waals surface area contributed by atoms with Gasteiger partial charge in [0.05, 0.1) is 10.7 Å². The lowest BCUT2D eigenvalue weighted by molar-refractivity contribution is 0.102. The summed E-state index contributed by atoms with van der Waals surface area (Å²) in [6.45, 7) is 4.74. The maximum atomic E-state index is 12.7.